The van der Waals surface area contributed by atoms with Crippen LogP contribution in [0, 0.1) is 5.41 Å². The Hall–Kier alpha value is -0.310. The molecule has 0 atom stereocenters. The Morgan fingerprint density at radius 2 is 1.80 bits per heavy atom. The zero-order chi connectivity index (χ0) is 10.7. The smallest absolute Gasteiger partial charge is 0.168 e. The number of likely N-dealkylation sites (tertiary alicyclic amines) is 1. The van der Waals surface area contributed by atoms with Crippen LogP contribution in [-0.4, -0.2) is 29.6 Å². The van der Waals surface area contributed by atoms with E-state index in [2.05, 4.69) is 17.1 Å². The summed E-state index contributed by atoms with van der Waals surface area (Å²) in [5, 5.41) is 4.21. The van der Waals surface area contributed by atoms with Crippen molar-refractivity contribution in [2.24, 2.45) is 5.41 Å². The Bertz CT molecular complexity index is 224. The van der Waals surface area contributed by atoms with Crippen molar-refractivity contribution in [3.63, 3.8) is 0 Å². The fourth-order valence-electron chi connectivity index (χ4n) is 3.07. The van der Waals surface area contributed by atoms with Crippen LogP contribution in [0.5, 0.6) is 0 Å². The van der Waals surface area contributed by atoms with E-state index in [0.717, 1.165) is 11.7 Å². The third-order valence-electron chi connectivity index (χ3n) is 4.10. The minimum atomic E-state index is 0.707. The van der Waals surface area contributed by atoms with Gasteiger partial charge in [0.2, 0.25) is 0 Å². The molecule has 0 aromatic rings. The highest BCUT2D eigenvalue weighted by atomic mass is 32.1. The first kappa shape index (κ1) is 11.2. The molecule has 15 heavy (non-hydrogen) atoms. The topological polar surface area (TPSA) is 15.3 Å². The number of rotatable bonds is 1. The molecule has 1 saturated carbocycles. The molecule has 1 heterocycles. The molecule has 1 saturated heterocycles. The molecule has 0 aromatic carbocycles. The van der Waals surface area contributed by atoms with Crippen LogP contribution in [0.4, 0.5) is 0 Å². The van der Waals surface area contributed by atoms with E-state index in [1.807, 2.05) is 0 Å². The van der Waals surface area contributed by atoms with E-state index in [0.29, 0.717) is 5.41 Å². The molecule has 0 unspecified atom stereocenters. The van der Waals surface area contributed by atoms with E-state index in [1.54, 1.807) is 0 Å². The van der Waals surface area contributed by atoms with Gasteiger partial charge in [0.15, 0.2) is 5.11 Å². The van der Waals surface area contributed by atoms with Gasteiger partial charge in [-0.1, -0.05) is 12.8 Å². The summed E-state index contributed by atoms with van der Waals surface area (Å²) in [7, 11) is 0. The summed E-state index contributed by atoms with van der Waals surface area (Å²) < 4.78 is 0. The van der Waals surface area contributed by atoms with Crippen molar-refractivity contribution in [2.45, 2.75) is 45.4 Å². The first-order chi connectivity index (χ1) is 7.26. The van der Waals surface area contributed by atoms with Gasteiger partial charge in [0.25, 0.3) is 0 Å². The normalized spacial score (nSPS) is 24.5. The second-order valence-electron chi connectivity index (χ2n) is 5.03. The quantitative estimate of drug-likeness (QED) is 0.692. The molecule has 2 nitrogen and oxygen atoms in total. The molecule has 2 rings (SSSR count). The molecule has 0 radical (unpaired) electrons. The maximum atomic E-state index is 5.35. The van der Waals surface area contributed by atoms with E-state index >= 15 is 0 Å². The minimum absolute atomic E-state index is 0.707. The van der Waals surface area contributed by atoms with Gasteiger partial charge in [0, 0.05) is 19.6 Å². The molecular formula is C12H22N2S. The Kier molecular flexibility index (Phi) is 3.49. The summed E-state index contributed by atoms with van der Waals surface area (Å²) in [5.74, 6) is 0. The highest BCUT2D eigenvalue weighted by molar-refractivity contribution is 7.80. The fraction of sp³-hybridized carbons (Fsp3) is 0.917. The van der Waals surface area contributed by atoms with Crippen LogP contribution in [0.25, 0.3) is 0 Å². The van der Waals surface area contributed by atoms with Gasteiger partial charge < -0.3 is 10.2 Å². The van der Waals surface area contributed by atoms with Crippen molar-refractivity contribution in [3.05, 3.63) is 0 Å². The molecule has 0 amide bonds. The minimum Gasteiger partial charge on any atom is -0.363 e. The average Bonchev–Trinajstić information content (AvgIpc) is 2.68. The van der Waals surface area contributed by atoms with Crippen LogP contribution in [0.3, 0.4) is 0 Å². The van der Waals surface area contributed by atoms with Crippen LogP contribution in [0.15, 0.2) is 0 Å². The predicted molar refractivity (Wildman–Crippen MR) is 68.0 cm³/mol. The summed E-state index contributed by atoms with van der Waals surface area (Å²) in [6.07, 6.45) is 8.57. The van der Waals surface area contributed by atoms with E-state index in [4.69, 9.17) is 12.2 Å². The van der Waals surface area contributed by atoms with Crippen LogP contribution in [0.1, 0.15) is 45.4 Å². The van der Waals surface area contributed by atoms with E-state index in [-0.39, 0.29) is 0 Å². The Morgan fingerprint density at radius 3 is 2.33 bits per heavy atom. The molecule has 1 aliphatic heterocycles. The van der Waals surface area contributed by atoms with Gasteiger partial charge in [-0.2, -0.15) is 0 Å². The SMILES string of the molecule is CCNC(=S)N1CCC2(CCCC2)CC1. The molecule has 3 heteroatoms. The van der Waals surface area contributed by atoms with Crippen LogP contribution in [0.2, 0.25) is 0 Å². The van der Waals surface area contributed by atoms with Crippen molar-refractivity contribution >= 4 is 17.3 Å². The van der Waals surface area contributed by atoms with Gasteiger partial charge in [-0.3, -0.25) is 0 Å². The average molecular weight is 226 g/mol. The molecule has 0 bridgehead atoms. The molecule has 0 aromatic heterocycles. The zero-order valence-corrected chi connectivity index (χ0v) is 10.5. The number of nitrogens with zero attached hydrogens (tertiary/aromatic N) is 1. The Balaban J connectivity index is 1.83. The number of thiocarbonyl (C=S) groups is 1. The molecule has 1 spiro atoms. The van der Waals surface area contributed by atoms with Crippen molar-refractivity contribution in [3.8, 4) is 0 Å². The molecule has 2 aliphatic rings. The lowest BCUT2D eigenvalue weighted by molar-refractivity contribution is 0.153. The second kappa shape index (κ2) is 4.69. The standard InChI is InChI=1S/C12H22N2S/c1-2-13-11(15)14-9-7-12(8-10-14)5-3-4-6-12/h2-10H2,1H3,(H,13,15). The molecule has 1 N–H and O–H groups in total. The summed E-state index contributed by atoms with van der Waals surface area (Å²) in [6, 6.07) is 0. The first-order valence-electron chi connectivity index (χ1n) is 6.29. The third-order valence-corrected chi connectivity index (χ3v) is 4.51. The Labute approximate surface area is 98.4 Å². The van der Waals surface area contributed by atoms with Gasteiger partial charge >= 0.3 is 0 Å². The summed E-state index contributed by atoms with van der Waals surface area (Å²) >= 11 is 5.35. The fourth-order valence-corrected chi connectivity index (χ4v) is 3.40. The van der Waals surface area contributed by atoms with Gasteiger partial charge in [-0.15, -0.1) is 0 Å². The van der Waals surface area contributed by atoms with E-state index < -0.39 is 0 Å². The van der Waals surface area contributed by atoms with Gasteiger partial charge in [0.05, 0.1) is 0 Å². The van der Waals surface area contributed by atoms with Gasteiger partial charge in [-0.05, 0) is 50.2 Å². The highest BCUT2D eigenvalue weighted by Gasteiger charge is 2.37. The third kappa shape index (κ3) is 2.44. The van der Waals surface area contributed by atoms with E-state index in [1.165, 1.54) is 51.6 Å². The van der Waals surface area contributed by atoms with Gasteiger partial charge in [-0.25, -0.2) is 0 Å². The predicted octanol–water partition coefficient (Wildman–Crippen LogP) is 2.54. The number of nitrogens with one attached hydrogen (secondary N) is 1. The van der Waals surface area contributed by atoms with Crippen LogP contribution < -0.4 is 5.32 Å². The number of piperidine rings is 1. The lowest BCUT2D eigenvalue weighted by atomic mass is 9.77. The largest absolute Gasteiger partial charge is 0.363 e. The molecular weight excluding hydrogens is 204 g/mol. The van der Waals surface area contributed by atoms with Crippen molar-refractivity contribution in [1.29, 1.82) is 0 Å². The molecule has 86 valence electrons. The number of hydrogen-bond donors (Lipinski definition) is 1. The van der Waals surface area contributed by atoms with Crippen molar-refractivity contribution in [2.75, 3.05) is 19.6 Å². The van der Waals surface area contributed by atoms with Crippen molar-refractivity contribution < 1.29 is 0 Å². The molecule has 2 fully saturated rings. The first-order valence-corrected chi connectivity index (χ1v) is 6.69. The monoisotopic (exact) mass is 226 g/mol. The van der Waals surface area contributed by atoms with Crippen LogP contribution in [-0.2, 0) is 0 Å². The lowest BCUT2D eigenvalue weighted by Crippen LogP contribution is -2.46. The Morgan fingerprint density at radius 1 is 1.20 bits per heavy atom. The summed E-state index contributed by atoms with van der Waals surface area (Å²) in [4.78, 5) is 2.35. The molecule has 1 aliphatic carbocycles. The zero-order valence-electron chi connectivity index (χ0n) is 9.72. The second-order valence-corrected chi connectivity index (χ2v) is 5.42. The highest BCUT2D eigenvalue weighted by Crippen LogP contribution is 2.45. The summed E-state index contributed by atoms with van der Waals surface area (Å²) in [6.45, 7) is 5.40. The van der Waals surface area contributed by atoms with Crippen molar-refractivity contribution in [1.82, 2.24) is 10.2 Å². The maximum absolute atomic E-state index is 5.35. The van der Waals surface area contributed by atoms with Gasteiger partial charge in [0.1, 0.15) is 0 Å². The van der Waals surface area contributed by atoms with E-state index in [9.17, 15) is 0 Å². The summed E-state index contributed by atoms with van der Waals surface area (Å²) in [5.41, 5.74) is 0.707. The van der Waals surface area contributed by atoms with Crippen LogP contribution >= 0.6 is 12.2 Å². The lowest BCUT2D eigenvalue weighted by Gasteiger charge is -2.40. The maximum Gasteiger partial charge on any atom is 0.168 e. The number of hydrogen-bond acceptors (Lipinski definition) is 1.